The van der Waals surface area contributed by atoms with E-state index in [1.165, 1.54) is 0 Å². The smallest absolute Gasteiger partial charge is 0.250 e. The van der Waals surface area contributed by atoms with E-state index >= 15 is 0 Å². The number of aryl methyl sites for hydroxylation is 2. The van der Waals surface area contributed by atoms with Crippen molar-refractivity contribution in [3.63, 3.8) is 0 Å². The predicted molar refractivity (Wildman–Crippen MR) is 122 cm³/mol. The van der Waals surface area contributed by atoms with Gasteiger partial charge in [-0.05, 0) is 38.3 Å². The summed E-state index contributed by atoms with van der Waals surface area (Å²) in [5, 5.41) is 4.14. The second-order valence-corrected chi connectivity index (χ2v) is 5.87. The minimum absolute atomic E-state index is 0.129. The van der Waals surface area contributed by atoms with Crippen molar-refractivity contribution in [1.82, 2.24) is 4.98 Å². The van der Waals surface area contributed by atoms with Gasteiger partial charge in [-0.3, -0.25) is 4.79 Å². The van der Waals surface area contributed by atoms with E-state index in [0.29, 0.717) is 11.6 Å². The first kappa shape index (κ1) is 25.5. The van der Waals surface area contributed by atoms with Crippen LogP contribution < -0.4 is 15.9 Å². The van der Waals surface area contributed by atoms with Gasteiger partial charge in [0.1, 0.15) is 5.76 Å². The number of nitrogens with zero attached hydrogens (tertiary/aromatic N) is 2. The monoisotopic (exact) mass is 390 g/mol. The predicted octanol–water partition coefficient (Wildman–Crippen LogP) is 5.71. The fraction of sp³-hybridized carbons (Fsp3) is 0.545. The number of nitrogens with one attached hydrogen (secondary N) is 2. The minimum Gasteiger partial charge on any atom is -0.444 e. The summed E-state index contributed by atoms with van der Waals surface area (Å²) in [5.41, 5.74) is 5.36. The van der Waals surface area contributed by atoms with Gasteiger partial charge in [-0.25, -0.2) is 5.43 Å². The molecule has 28 heavy (non-hydrogen) atoms. The van der Waals surface area contributed by atoms with E-state index in [1.807, 2.05) is 53.7 Å². The largest absolute Gasteiger partial charge is 0.444 e. The van der Waals surface area contributed by atoms with Gasteiger partial charge in [0.15, 0.2) is 0 Å². The third kappa shape index (κ3) is 8.46. The van der Waals surface area contributed by atoms with Crippen molar-refractivity contribution in [3.05, 3.63) is 45.6 Å². The van der Waals surface area contributed by atoms with Gasteiger partial charge >= 0.3 is 0 Å². The number of anilines is 2. The van der Waals surface area contributed by atoms with Gasteiger partial charge < -0.3 is 14.3 Å². The highest BCUT2D eigenvalue weighted by molar-refractivity contribution is 5.79. The van der Waals surface area contributed by atoms with E-state index in [9.17, 15) is 4.79 Å². The highest BCUT2D eigenvalue weighted by Crippen LogP contribution is 2.17. The molecule has 2 N–H and O–H groups in total. The maximum atomic E-state index is 11.9. The van der Waals surface area contributed by atoms with Crippen molar-refractivity contribution in [2.75, 3.05) is 23.4 Å². The van der Waals surface area contributed by atoms with Gasteiger partial charge in [0.05, 0.1) is 11.9 Å². The number of hydrazone groups is 1. The summed E-state index contributed by atoms with van der Waals surface area (Å²) in [6.07, 6.45) is 3.66. The summed E-state index contributed by atoms with van der Waals surface area (Å²) < 4.78 is 5.50. The Hall–Kier alpha value is -2.50. The molecule has 0 bridgehead atoms. The molecule has 0 aliphatic carbocycles. The van der Waals surface area contributed by atoms with Crippen molar-refractivity contribution in [1.29, 1.82) is 0 Å². The molecule has 0 aliphatic heterocycles. The number of H-pyrrole nitrogens is 1. The summed E-state index contributed by atoms with van der Waals surface area (Å²) in [7, 11) is 0. The number of aromatic nitrogens is 1. The molecule has 0 aliphatic rings. The van der Waals surface area contributed by atoms with Crippen LogP contribution in [0.5, 0.6) is 0 Å². The summed E-state index contributed by atoms with van der Waals surface area (Å²) in [4.78, 5) is 16.9. The van der Waals surface area contributed by atoms with Crippen LogP contribution in [0.3, 0.4) is 0 Å². The Balaban J connectivity index is 0.00000171. The van der Waals surface area contributed by atoms with Crippen LogP contribution in [0.25, 0.3) is 0 Å². The zero-order valence-corrected chi connectivity index (χ0v) is 18.8. The van der Waals surface area contributed by atoms with Gasteiger partial charge in [-0.2, -0.15) is 5.10 Å². The van der Waals surface area contributed by atoms with E-state index in [0.717, 1.165) is 42.9 Å². The SMILES string of the molecule is CC.CC.CCCN(CCC)c1cc(/C=N/Nc2cc(C)c(C)o2)[nH]c(=O)c1. The highest BCUT2D eigenvalue weighted by Gasteiger charge is 2.07. The lowest BCUT2D eigenvalue weighted by Gasteiger charge is -2.23. The topological polar surface area (TPSA) is 73.6 Å². The lowest BCUT2D eigenvalue weighted by atomic mass is 10.2. The van der Waals surface area contributed by atoms with E-state index in [-0.39, 0.29) is 5.56 Å². The molecule has 0 unspecified atom stereocenters. The average molecular weight is 391 g/mol. The molecule has 0 radical (unpaired) electrons. The number of hydrogen-bond donors (Lipinski definition) is 2. The Kier molecular flexibility index (Phi) is 13.2. The molecule has 0 fully saturated rings. The Morgan fingerprint density at radius 1 is 1.07 bits per heavy atom. The highest BCUT2D eigenvalue weighted by atomic mass is 16.4. The summed E-state index contributed by atoms with van der Waals surface area (Å²) >= 11 is 0. The first-order valence-corrected chi connectivity index (χ1v) is 10.4. The van der Waals surface area contributed by atoms with Crippen LogP contribution in [0.2, 0.25) is 0 Å². The molecule has 0 spiro atoms. The van der Waals surface area contributed by atoms with Crippen molar-refractivity contribution in [2.24, 2.45) is 5.10 Å². The van der Waals surface area contributed by atoms with E-state index in [2.05, 4.69) is 34.3 Å². The average Bonchev–Trinajstić information content (AvgIpc) is 3.02. The van der Waals surface area contributed by atoms with Crippen LogP contribution >= 0.6 is 0 Å². The molecule has 0 atom stereocenters. The number of aromatic amines is 1. The molecule has 0 aromatic carbocycles. The zero-order valence-electron chi connectivity index (χ0n) is 18.8. The maximum Gasteiger partial charge on any atom is 0.250 e. The van der Waals surface area contributed by atoms with E-state index in [4.69, 9.17) is 4.42 Å². The van der Waals surface area contributed by atoms with Crippen molar-refractivity contribution >= 4 is 17.8 Å². The van der Waals surface area contributed by atoms with Gasteiger partial charge in [-0.1, -0.05) is 41.5 Å². The Labute approximate surface area is 170 Å². The lowest BCUT2D eigenvalue weighted by Crippen LogP contribution is -2.26. The van der Waals surface area contributed by atoms with E-state index < -0.39 is 0 Å². The van der Waals surface area contributed by atoms with Gasteiger partial charge in [0.25, 0.3) is 0 Å². The molecule has 0 saturated heterocycles. The third-order valence-corrected chi connectivity index (χ3v) is 3.75. The normalized spacial score (nSPS) is 10.0. The fourth-order valence-electron chi connectivity index (χ4n) is 2.51. The molecular formula is C22H38N4O2. The van der Waals surface area contributed by atoms with Gasteiger partial charge in [0.2, 0.25) is 11.4 Å². The van der Waals surface area contributed by atoms with Crippen LogP contribution in [-0.2, 0) is 0 Å². The van der Waals surface area contributed by atoms with Gasteiger partial charge in [-0.15, -0.1) is 0 Å². The Bertz CT molecular complexity index is 722. The van der Waals surface area contributed by atoms with Crippen LogP contribution in [0, 0.1) is 13.8 Å². The molecule has 6 heteroatoms. The lowest BCUT2D eigenvalue weighted by molar-refractivity contribution is 0.545. The molecule has 2 aromatic heterocycles. The van der Waals surface area contributed by atoms with Gasteiger partial charge in [0, 0.05) is 30.9 Å². The Morgan fingerprint density at radius 3 is 2.18 bits per heavy atom. The number of furan rings is 1. The zero-order chi connectivity index (χ0) is 21.5. The van der Waals surface area contributed by atoms with Crippen molar-refractivity contribution in [2.45, 2.75) is 68.2 Å². The van der Waals surface area contributed by atoms with Crippen LogP contribution in [0.15, 0.2) is 32.5 Å². The van der Waals surface area contributed by atoms with Crippen LogP contribution in [0.4, 0.5) is 11.6 Å². The molecule has 2 heterocycles. The first-order valence-electron chi connectivity index (χ1n) is 10.4. The number of rotatable bonds is 8. The number of pyridine rings is 1. The second kappa shape index (κ2) is 14.5. The van der Waals surface area contributed by atoms with E-state index in [1.54, 1.807) is 12.3 Å². The van der Waals surface area contributed by atoms with Crippen LogP contribution in [-0.4, -0.2) is 24.3 Å². The quantitative estimate of drug-likeness (QED) is 0.447. The van der Waals surface area contributed by atoms with Crippen LogP contribution in [0.1, 0.15) is 71.4 Å². The Morgan fingerprint density at radius 2 is 1.68 bits per heavy atom. The summed E-state index contributed by atoms with van der Waals surface area (Å²) in [6.45, 7) is 18.0. The summed E-state index contributed by atoms with van der Waals surface area (Å²) in [6, 6.07) is 5.46. The standard InChI is InChI=1S/C18H26N4O2.2C2H6/c1-5-7-22(8-6-2)16-10-15(20-17(23)11-16)12-19-21-18-9-13(3)14(4)24-18;2*1-2/h9-12,21H,5-8H2,1-4H3,(H,20,23);2*1-2H3/b19-12+;;. The molecule has 2 aromatic rings. The molecule has 6 nitrogen and oxygen atoms in total. The number of hydrogen-bond acceptors (Lipinski definition) is 5. The molecule has 0 amide bonds. The second-order valence-electron chi connectivity index (χ2n) is 5.87. The molecule has 2 rings (SSSR count). The molecule has 0 saturated carbocycles. The maximum absolute atomic E-state index is 11.9. The molecule has 158 valence electrons. The van der Waals surface area contributed by atoms with Crippen molar-refractivity contribution in [3.8, 4) is 0 Å². The third-order valence-electron chi connectivity index (χ3n) is 3.75. The van der Waals surface area contributed by atoms with Crippen molar-refractivity contribution < 1.29 is 4.42 Å². The summed E-state index contributed by atoms with van der Waals surface area (Å²) in [5.74, 6) is 1.44. The minimum atomic E-state index is -0.129. The first-order chi connectivity index (χ1) is 13.5. The molecular weight excluding hydrogens is 352 g/mol. The fourth-order valence-corrected chi connectivity index (χ4v) is 2.51.